The Labute approximate surface area is 185 Å². The van der Waals surface area contributed by atoms with Crippen molar-refractivity contribution in [2.24, 2.45) is 0 Å². The molecule has 3 aromatic rings. The van der Waals surface area contributed by atoms with Gasteiger partial charge in [-0.25, -0.2) is 4.79 Å². The molecule has 1 aromatic carbocycles. The van der Waals surface area contributed by atoms with Gasteiger partial charge in [-0.15, -0.1) is 0 Å². The molecular formula is C23H27N4O5+. The number of fused-ring (bicyclic) bond motifs is 1. The van der Waals surface area contributed by atoms with Crippen LogP contribution in [0, 0.1) is 6.92 Å². The second kappa shape index (κ2) is 8.88. The molecule has 3 N–H and O–H groups in total. The van der Waals surface area contributed by atoms with Crippen LogP contribution in [0.5, 0.6) is 0 Å². The Balaban J connectivity index is 1.46. The lowest BCUT2D eigenvalue weighted by Crippen LogP contribution is -3.19. The minimum atomic E-state index is -0.542. The minimum absolute atomic E-state index is 0.136. The molecule has 0 radical (unpaired) electrons. The molecule has 9 nitrogen and oxygen atoms in total. The maximum absolute atomic E-state index is 13.1. The number of benzene rings is 1. The van der Waals surface area contributed by atoms with E-state index in [0.29, 0.717) is 37.6 Å². The molecule has 1 saturated heterocycles. The maximum Gasteiger partial charge on any atom is 0.356 e. The number of H-pyrrole nitrogens is 1. The van der Waals surface area contributed by atoms with E-state index in [4.69, 9.17) is 9.15 Å². The van der Waals surface area contributed by atoms with Gasteiger partial charge in [0.05, 0.1) is 45.2 Å². The Morgan fingerprint density at radius 3 is 2.62 bits per heavy atom. The molecule has 1 aliphatic rings. The molecule has 9 heteroatoms. The van der Waals surface area contributed by atoms with Crippen LogP contribution in [0.1, 0.15) is 33.5 Å². The molecule has 1 fully saturated rings. The number of hydrogen-bond acceptors (Lipinski definition) is 5. The summed E-state index contributed by atoms with van der Waals surface area (Å²) < 4.78 is 10.1. The summed E-state index contributed by atoms with van der Waals surface area (Å²) >= 11 is 0. The van der Waals surface area contributed by atoms with Crippen molar-refractivity contribution in [1.29, 1.82) is 0 Å². The third-order valence-corrected chi connectivity index (χ3v) is 6.02. The number of amides is 2. The molecule has 0 unspecified atom stereocenters. The molecular weight excluding hydrogens is 412 g/mol. The van der Waals surface area contributed by atoms with Crippen LogP contribution < -0.4 is 10.2 Å². The van der Waals surface area contributed by atoms with Crippen LogP contribution in [0.3, 0.4) is 0 Å². The summed E-state index contributed by atoms with van der Waals surface area (Å²) in [4.78, 5) is 43.7. The quantitative estimate of drug-likeness (QED) is 0.518. The largest absolute Gasteiger partial charge is 0.464 e. The molecule has 0 aliphatic carbocycles. The summed E-state index contributed by atoms with van der Waals surface area (Å²) in [6, 6.07) is 8.70. The topological polar surface area (TPSA) is 109 Å². The lowest BCUT2D eigenvalue weighted by atomic mass is 10.1. The van der Waals surface area contributed by atoms with Gasteiger partial charge < -0.3 is 29.3 Å². The number of carbonyl (C=O) groups excluding carboxylic acids is 3. The lowest BCUT2D eigenvalue weighted by molar-refractivity contribution is -0.917. The molecule has 3 heterocycles. The summed E-state index contributed by atoms with van der Waals surface area (Å²) in [5, 5.41) is 3.70. The Morgan fingerprint density at radius 2 is 1.97 bits per heavy atom. The Hall–Kier alpha value is -3.59. The summed E-state index contributed by atoms with van der Waals surface area (Å²) in [5.74, 6) is -0.551. The van der Waals surface area contributed by atoms with Gasteiger partial charge in [0.2, 0.25) is 0 Å². The number of nitrogens with zero attached hydrogens (tertiary/aromatic N) is 1. The number of aromatic amines is 1. The third-order valence-electron chi connectivity index (χ3n) is 6.02. The van der Waals surface area contributed by atoms with Gasteiger partial charge in [-0.05, 0) is 38.1 Å². The van der Waals surface area contributed by atoms with Gasteiger partial charge in [0.1, 0.15) is 5.69 Å². The van der Waals surface area contributed by atoms with Crippen molar-refractivity contribution in [1.82, 2.24) is 9.88 Å². The second-order valence-corrected chi connectivity index (χ2v) is 8.05. The predicted octanol–water partition coefficient (Wildman–Crippen LogP) is 1.22. The molecule has 1 atom stereocenters. The number of rotatable bonds is 5. The third kappa shape index (κ3) is 4.11. The first-order valence-electron chi connectivity index (χ1n) is 10.6. The molecule has 4 rings (SSSR count). The van der Waals surface area contributed by atoms with Gasteiger partial charge in [-0.3, -0.25) is 9.59 Å². The Bertz CT molecular complexity index is 1140. The standard InChI is InChI=1S/C23H26N4O5/c1-14-6-7-17-16(13-14)19(20(24-17)23(30)31-3)25-21(28)15(2)26-8-10-27(11-9-26)22(29)18-5-4-12-32-18/h4-7,12-13,15,24H,8-11H2,1-3H3,(H,25,28)/p+1/t15-/m0/s1. The predicted molar refractivity (Wildman–Crippen MR) is 118 cm³/mol. The molecule has 2 amide bonds. The molecule has 0 bridgehead atoms. The Morgan fingerprint density at radius 1 is 1.22 bits per heavy atom. The normalized spacial score (nSPS) is 15.5. The fourth-order valence-corrected chi connectivity index (χ4v) is 4.09. The zero-order chi connectivity index (χ0) is 22.8. The van der Waals surface area contributed by atoms with E-state index in [2.05, 4.69) is 10.3 Å². The van der Waals surface area contributed by atoms with Crippen LogP contribution in [-0.2, 0) is 9.53 Å². The number of aromatic nitrogens is 1. The number of ether oxygens (including phenoxy) is 1. The van der Waals surface area contributed by atoms with Gasteiger partial charge in [-0.1, -0.05) is 11.6 Å². The molecule has 0 saturated carbocycles. The number of hydrogen-bond donors (Lipinski definition) is 3. The summed E-state index contributed by atoms with van der Waals surface area (Å²) in [5.41, 5.74) is 2.41. The van der Waals surface area contributed by atoms with Gasteiger partial charge in [-0.2, -0.15) is 0 Å². The number of piperazine rings is 1. The van der Waals surface area contributed by atoms with E-state index < -0.39 is 5.97 Å². The van der Waals surface area contributed by atoms with E-state index in [1.54, 1.807) is 17.0 Å². The highest BCUT2D eigenvalue weighted by atomic mass is 16.5. The van der Waals surface area contributed by atoms with Crippen LogP contribution in [0.4, 0.5) is 5.69 Å². The van der Waals surface area contributed by atoms with E-state index in [1.807, 2.05) is 32.0 Å². The van der Waals surface area contributed by atoms with Crippen molar-refractivity contribution in [3.8, 4) is 0 Å². The van der Waals surface area contributed by atoms with E-state index in [0.717, 1.165) is 21.4 Å². The van der Waals surface area contributed by atoms with Crippen LogP contribution in [0.2, 0.25) is 0 Å². The zero-order valence-corrected chi connectivity index (χ0v) is 18.4. The number of anilines is 1. The highest BCUT2D eigenvalue weighted by molar-refractivity contribution is 6.11. The number of furan rings is 1. The molecule has 0 spiro atoms. The smallest absolute Gasteiger partial charge is 0.356 e. The lowest BCUT2D eigenvalue weighted by Gasteiger charge is -2.34. The fraction of sp³-hybridized carbons (Fsp3) is 0.348. The van der Waals surface area contributed by atoms with E-state index in [-0.39, 0.29) is 23.6 Å². The summed E-state index contributed by atoms with van der Waals surface area (Å²) in [7, 11) is 1.31. The van der Waals surface area contributed by atoms with Gasteiger partial charge in [0, 0.05) is 10.9 Å². The van der Waals surface area contributed by atoms with Crippen LogP contribution in [-0.4, -0.2) is 67.0 Å². The number of carbonyl (C=O) groups is 3. The Kier molecular flexibility index (Phi) is 6.00. The van der Waals surface area contributed by atoms with E-state index in [1.165, 1.54) is 13.4 Å². The highest BCUT2D eigenvalue weighted by Gasteiger charge is 2.33. The average molecular weight is 439 g/mol. The molecule has 168 valence electrons. The molecule has 2 aromatic heterocycles. The fourth-order valence-electron chi connectivity index (χ4n) is 4.09. The number of nitrogens with one attached hydrogen (secondary N) is 3. The molecule has 1 aliphatic heterocycles. The van der Waals surface area contributed by atoms with Crippen molar-refractivity contribution in [3.63, 3.8) is 0 Å². The first kappa shape index (κ1) is 21.6. The van der Waals surface area contributed by atoms with Crippen molar-refractivity contribution < 1.29 is 28.4 Å². The number of aryl methyl sites for hydroxylation is 1. The number of methoxy groups -OCH3 is 1. The number of quaternary nitrogens is 1. The average Bonchev–Trinajstić information content (AvgIpc) is 3.46. The minimum Gasteiger partial charge on any atom is -0.464 e. The van der Waals surface area contributed by atoms with Gasteiger partial charge in [0.25, 0.3) is 11.8 Å². The van der Waals surface area contributed by atoms with Crippen LogP contribution in [0.15, 0.2) is 41.0 Å². The number of esters is 1. The van der Waals surface area contributed by atoms with E-state index in [9.17, 15) is 14.4 Å². The van der Waals surface area contributed by atoms with Crippen LogP contribution in [0.25, 0.3) is 10.9 Å². The van der Waals surface area contributed by atoms with Crippen molar-refractivity contribution >= 4 is 34.4 Å². The summed E-state index contributed by atoms with van der Waals surface area (Å²) in [6.45, 7) is 6.15. The van der Waals surface area contributed by atoms with E-state index >= 15 is 0 Å². The SMILES string of the molecule is COC(=O)c1[nH]c2ccc(C)cc2c1NC(=O)[C@H](C)[NH+]1CCN(C(=O)c2ccco2)CC1. The van der Waals surface area contributed by atoms with Crippen LogP contribution >= 0.6 is 0 Å². The van der Waals surface area contributed by atoms with Crippen molar-refractivity contribution in [2.75, 3.05) is 38.6 Å². The monoisotopic (exact) mass is 439 g/mol. The summed E-state index contributed by atoms with van der Waals surface area (Å²) in [6.07, 6.45) is 1.48. The van der Waals surface area contributed by atoms with Gasteiger partial charge in [0.15, 0.2) is 11.8 Å². The van der Waals surface area contributed by atoms with Crippen molar-refractivity contribution in [3.05, 3.63) is 53.6 Å². The van der Waals surface area contributed by atoms with Crippen molar-refractivity contribution in [2.45, 2.75) is 19.9 Å². The first-order valence-corrected chi connectivity index (χ1v) is 10.6. The molecule has 32 heavy (non-hydrogen) atoms. The van der Waals surface area contributed by atoms with Gasteiger partial charge >= 0.3 is 5.97 Å². The first-order chi connectivity index (χ1) is 15.4. The highest BCUT2D eigenvalue weighted by Crippen LogP contribution is 2.29. The second-order valence-electron chi connectivity index (χ2n) is 8.05. The maximum atomic E-state index is 13.1. The zero-order valence-electron chi connectivity index (χ0n) is 18.4.